The molecule has 0 bridgehead atoms. The van der Waals surface area contributed by atoms with Gasteiger partial charge in [0, 0.05) is 12.5 Å². The van der Waals surface area contributed by atoms with Crippen LogP contribution in [0, 0.1) is 0 Å². The van der Waals surface area contributed by atoms with Crippen molar-refractivity contribution in [3.8, 4) is 0 Å². The summed E-state index contributed by atoms with van der Waals surface area (Å²) in [4.78, 5) is 13.4. The number of benzene rings is 1. The van der Waals surface area contributed by atoms with Crippen LogP contribution in [0.25, 0.3) is 0 Å². The highest BCUT2D eigenvalue weighted by Gasteiger charge is 2.03. The van der Waals surface area contributed by atoms with Gasteiger partial charge >= 0.3 is 0 Å². The number of isocyanates is 1. The summed E-state index contributed by atoms with van der Waals surface area (Å²) >= 11 is 0. The van der Waals surface area contributed by atoms with Crippen molar-refractivity contribution >= 4 is 11.9 Å². The smallest absolute Gasteiger partial charge is 0.242 e. The molecule has 0 aliphatic carbocycles. The highest BCUT2D eigenvalue weighted by molar-refractivity contribution is 5.43. The maximum atomic E-state index is 9.99. The zero-order chi connectivity index (χ0) is 11.2. The topological polar surface area (TPSA) is 55.5 Å². The summed E-state index contributed by atoms with van der Waals surface area (Å²) in [7, 11) is 0. The molecule has 0 saturated heterocycles. The van der Waals surface area contributed by atoms with Crippen molar-refractivity contribution in [3.05, 3.63) is 47.7 Å². The van der Waals surface area contributed by atoms with Crippen molar-refractivity contribution < 1.29 is 9.32 Å². The van der Waals surface area contributed by atoms with Crippen molar-refractivity contribution in [2.45, 2.75) is 12.8 Å². The normalized spacial score (nSPS) is 9.75. The molecule has 0 amide bonds. The average molecular weight is 214 g/mol. The van der Waals surface area contributed by atoms with Crippen LogP contribution in [-0.2, 0) is 17.6 Å². The monoisotopic (exact) mass is 214 g/mol. The molecule has 0 aliphatic rings. The highest BCUT2D eigenvalue weighted by Crippen LogP contribution is 2.13. The Morgan fingerprint density at radius 1 is 1.25 bits per heavy atom. The van der Waals surface area contributed by atoms with Crippen molar-refractivity contribution in [1.82, 2.24) is 5.16 Å². The molecule has 0 N–H and O–H groups in total. The van der Waals surface area contributed by atoms with Gasteiger partial charge in [0.1, 0.15) is 5.76 Å². The number of rotatable bonds is 4. The van der Waals surface area contributed by atoms with Crippen LogP contribution >= 0.6 is 0 Å². The SMILES string of the molecule is O=C=Nc1cc(CCc2ccccc2)on1. The number of hydrogen-bond donors (Lipinski definition) is 0. The van der Waals surface area contributed by atoms with Crippen molar-refractivity contribution in [1.29, 1.82) is 0 Å². The van der Waals surface area contributed by atoms with Crippen LogP contribution in [0.3, 0.4) is 0 Å². The van der Waals surface area contributed by atoms with Gasteiger partial charge in [0.2, 0.25) is 11.9 Å². The molecular weight excluding hydrogens is 204 g/mol. The van der Waals surface area contributed by atoms with Crippen LogP contribution in [0.1, 0.15) is 11.3 Å². The molecule has 1 aromatic carbocycles. The summed E-state index contributed by atoms with van der Waals surface area (Å²) in [5, 5.41) is 3.61. The molecule has 2 rings (SSSR count). The summed E-state index contributed by atoms with van der Waals surface area (Å²) in [6.07, 6.45) is 3.04. The number of nitrogens with zero attached hydrogens (tertiary/aromatic N) is 2. The van der Waals surface area contributed by atoms with Crippen molar-refractivity contribution in [2.24, 2.45) is 4.99 Å². The van der Waals surface area contributed by atoms with E-state index >= 15 is 0 Å². The van der Waals surface area contributed by atoms with Gasteiger partial charge in [-0.25, -0.2) is 4.79 Å². The maximum absolute atomic E-state index is 9.99. The van der Waals surface area contributed by atoms with Gasteiger partial charge in [-0.15, -0.1) is 4.99 Å². The molecular formula is C12H10N2O2. The zero-order valence-electron chi connectivity index (χ0n) is 8.59. The van der Waals surface area contributed by atoms with E-state index in [1.807, 2.05) is 18.2 Å². The molecule has 1 heterocycles. The first-order chi connectivity index (χ1) is 7.88. The summed E-state index contributed by atoms with van der Waals surface area (Å²) in [6, 6.07) is 11.7. The summed E-state index contributed by atoms with van der Waals surface area (Å²) in [5.74, 6) is 0.996. The van der Waals surface area contributed by atoms with Gasteiger partial charge in [0.25, 0.3) is 0 Å². The Kier molecular flexibility index (Phi) is 3.26. The Hall–Kier alpha value is -2.19. The summed E-state index contributed by atoms with van der Waals surface area (Å²) in [5.41, 5.74) is 1.24. The fraction of sp³-hybridized carbons (Fsp3) is 0.167. The summed E-state index contributed by atoms with van der Waals surface area (Å²) in [6.45, 7) is 0. The Morgan fingerprint density at radius 3 is 2.81 bits per heavy atom. The highest BCUT2D eigenvalue weighted by atomic mass is 16.5. The number of aliphatic imine (C=N–C) groups is 1. The lowest BCUT2D eigenvalue weighted by Gasteiger charge is -1.96. The van der Waals surface area contributed by atoms with Crippen LogP contribution in [0.15, 0.2) is 45.9 Å². The fourth-order valence-electron chi connectivity index (χ4n) is 1.43. The minimum Gasteiger partial charge on any atom is -0.359 e. The second-order valence-corrected chi connectivity index (χ2v) is 3.34. The van der Waals surface area contributed by atoms with Crippen molar-refractivity contribution in [2.75, 3.05) is 0 Å². The predicted octanol–water partition coefficient (Wildman–Crippen LogP) is 2.43. The molecule has 0 saturated carbocycles. The standard InChI is InChI=1S/C12H10N2O2/c15-9-13-12-8-11(16-14-12)7-6-10-4-2-1-3-5-10/h1-5,8H,6-7H2. The van der Waals surface area contributed by atoms with E-state index in [0.717, 1.165) is 18.6 Å². The molecule has 16 heavy (non-hydrogen) atoms. The van der Waals surface area contributed by atoms with Crippen LogP contribution in [-0.4, -0.2) is 11.2 Å². The minimum atomic E-state index is 0.276. The minimum absolute atomic E-state index is 0.276. The second kappa shape index (κ2) is 5.05. The van der Waals surface area contributed by atoms with Crippen LogP contribution in [0.4, 0.5) is 5.82 Å². The number of aromatic nitrogens is 1. The van der Waals surface area contributed by atoms with Gasteiger partial charge in [0.05, 0.1) is 0 Å². The third-order valence-corrected chi connectivity index (χ3v) is 2.21. The van der Waals surface area contributed by atoms with Crippen LogP contribution < -0.4 is 0 Å². The van der Waals surface area contributed by atoms with E-state index < -0.39 is 0 Å². The zero-order valence-corrected chi connectivity index (χ0v) is 8.59. The summed E-state index contributed by atoms with van der Waals surface area (Å²) < 4.78 is 5.02. The molecule has 0 spiro atoms. The Bertz CT molecular complexity index is 499. The molecule has 2 aromatic rings. The van der Waals surface area contributed by atoms with Crippen LogP contribution in [0.2, 0.25) is 0 Å². The van der Waals surface area contributed by atoms with E-state index in [9.17, 15) is 4.79 Å². The predicted molar refractivity (Wildman–Crippen MR) is 58.1 cm³/mol. The molecule has 80 valence electrons. The Morgan fingerprint density at radius 2 is 2.06 bits per heavy atom. The molecule has 4 nitrogen and oxygen atoms in total. The lowest BCUT2D eigenvalue weighted by atomic mass is 10.1. The molecule has 0 atom stereocenters. The second-order valence-electron chi connectivity index (χ2n) is 3.34. The van der Waals surface area contributed by atoms with Crippen molar-refractivity contribution in [3.63, 3.8) is 0 Å². The molecule has 0 fully saturated rings. The Labute approximate surface area is 92.6 Å². The van der Waals surface area contributed by atoms with E-state index in [-0.39, 0.29) is 5.82 Å². The van der Waals surface area contributed by atoms with E-state index in [0.29, 0.717) is 0 Å². The number of hydrogen-bond acceptors (Lipinski definition) is 4. The first-order valence-corrected chi connectivity index (χ1v) is 4.96. The average Bonchev–Trinajstić information content (AvgIpc) is 2.76. The van der Waals surface area contributed by atoms with E-state index in [1.54, 1.807) is 6.07 Å². The Balaban J connectivity index is 1.97. The number of carbonyl (C=O) groups excluding carboxylic acids is 1. The van der Waals surface area contributed by atoms with E-state index in [1.165, 1.54) is 11.6 Å². The van der Waals surface area contributed by atoms with E-state index in [4.69, 9.17) is 4.52 Å². The van der Waals surface area contributed by atoms with Gasteiger partial charge < -0.3 is 4.52 Å². The first kappa shape index (κ1) is 10.3. The molecule has 4 heteroatoms. The van der Waals surface area contributed by atoms with Gasteiger partial charge in [-0.1, -0.05) is 35.5 Å². The van der Waals surface area contributed by atoms with Crippen LogP contribution in [0.5, 0.6) is 0 Å². The quantitative estimate of drug-likeness (QED) is 0.580. The van der Waals surface area contributed by atoms with Gasteiger partial charge in [0.15, 0.2) is 0 Å². The third-order valence-electron chi connectivity index (χ3n) is 2.21. The van der Waals surface area contributed by atoms with E-state index in [2.05, 4.69) is 22.3 Å². The first-order valence-electron chi connectivity index (χ1n) is 4.96. The molecule has 0 radical (unpaired) electrons. The fourth-order valence-corrected chi connectivity index (χ4v) is 1.43. The van der Waals surface area contributed by atoms with Gasteiger partial charge in [-0.05, 0) is 12.0 Å². The molecule has 0 unspecified atom stereocenters. The number of aryl methyl sites for hydroxylation is 2. The lowest BCUT2D eigenvalue weighted by molar-refractivity contribution is 0.385. The maximum Gasteiger partial charge on any atom is 0.242 e. The van der Waals surface area contributed by atoms with Gasteiger partial charge in [-0.3, -0.25) is 0 Å². The molecule has 0 aliphatic heterocycles. The third kappa shape index (κ3) is 2.65. The lowest BCUT2D eigenvalue weighted by Crippen LogP contribution is -1.88. The molecule has 1 aromatic heterocycles. The largest absolute Gasteiger partial charge is 0.359 e. The van der Waals surface area contributed by atoms with Gasteiger partial charge in [-0.2, -0.15) is 0 Å².